The molecule has 0 aromatic carbocycles. The SMILES string of the molecule is C[C@@H](CC(=O)Cn1cnnn1)[C@H]1C(=O)N2C(C(=O)O)=C(S[C@@H]3CN[C@H](C(=O)N4CC(N)[C@H](CC(=N)N)C4)C3)[C@H](C)[C@H]12. The van der Waals surface area contributed by atoms with Gasteiger partial charge >= 0.3 is 5.97 Å². The Bertz CT molecular complexity index is 1270. The Labute approximate surface area is 240 Å². The molecule has 0 radical (unpaired) electrons. The number of aliphatic carboxylic acids is 1. The zero-order valence-electron chi connectivity index (χ0n) is 23.0. The van der Waals surface area contributed by atoms with Crippen LogP contribution in [0.4, 0.5) is 0 Å². The highest BCUT2D eigenvalue weighted by Crippen LogP contribution is 2.53. The van der Waals surface area contributed by atoms with Crippen molar-refractivity contribution in [3.63, 3.8) is 0 Å². The fourth-order valence-electron chi connectivity index (χ4n) is 6.71. The Balaban J connectivity index is 1.21. The lowest BCUT2D eigenvalue weighted by Gasteiger charge is -2.47. The normalized spacial score (nSPS) is 31.8. The molecular weight excluding hydrogens is 552 g/mol. The fourth-order valence-corrected chi connectivity index (χ4v) is 8.19. The molecular formula is C25H36N10O5S. The van der Waals surface area contributed by atoms with E-state index < -0.39 is 17.9 Å². The van der Waals surface area contributed by atoms with Gasteiger partial charge in [-0.1, -0.05) is 13.8 Å². The van der Waals surface area contributed by atoms with Crippen LogP contribution in [0, 0.1) is 29.1 Å². The molecule has 1 aromatic rings. The van der Waals surface area contributed by atoms with Crippen LogP contribution in [0.25, 0.3) is 0 Å². The van der Waals surface area contributed by atoms with E-state index >= 15 is 0 Å². The van der Waals surface area contributed by atoms with Crippen LogP contribution in [0.15, 0.2) is 16.9 Å². The van der Waals surface area contributed by atoms with Crippen molar-refractivity contribution in [3.8, 4) is 0 Å². The van der Waals surface area contributed by atoms with Gasteiger partial charge in [-0.3, -0.25) is 19.8 Å². The first-order valence-corrected chi connectivity index (χ1v) is 14.6. The summed E-state index contributed by atoms with van der Waals surface area (Å²) in [6.07, 6.45) is 2.38. The van der Waals surface area contributed by atoms with Crippen LogP contribution in [0.1, 0.15) is 33.1 Å². The van der Waals surface area contributed by atoms with Gasteiger partial charge in [0.15, 0.2) is 5.78 Å². The summed E-state index contributed by atoms with van der Waals surface area (Å²) < 4.78 is 1.33. The second kappa shape index (κ2) is 11.5. The van der Waals surface area contributed by atoms with E-state index in [0.29, 0.717) is 37.4 Å². The number of hydrogen-bond donors (Lipinski definition) is 5. The maximum Gasteiger partial charge on any atom is 0.353 e. The predicted molar refractivity (Wildman–Crippen MR) is 147 cm³/mol. The minimum absolute atomic E-state index is 0.00772. The number of β-lactam (4-membered cyclic amide) rings is 1. The Hall–Kier alpha value is -3.37. The Morgan fingerprint density at radius 1 is 1.32 bits per heavy atom. The fraction of sp³-hybridized carbons (Fsp3) is 0.680. The van der Waals surface area contributed by atoms with Crippen molar-refractivity contribution in [3.05, 3.63) is 16.9 Å². The number of fused-ring (bicyclic) bond motifs is 1. The molecule has 1 aromatic heterocycles. The van der Waals surface area contributed by atoms with Crippen LogP contribution >= 0.6 is 11.8 Å². The molecule has 8 atom stereocenters. The number of carbonyl (C=O) groups excluding carboxylic acids is 3. The third-order valence-corrected chi connectivity index (χ3v) is 10.2. The first kappa shape index (κ1) is 29.1. The quantitative estimate of drug-likeness (QED) is 0.114. The van der Waals surface area contributed by atoms with E-state index in [9.17, 15) is 24.3 Å². The molecule has 1 unspecified atom stereocenters. The second-order valence-electron chi connectivity index (χ2n) is 11.6. The molecule has 0 bridgehead atoms. The summed E-state index contributed by atoms with van der Waals surface area (Å²) in [4.78, 5) is 55.1. The van der Waals surface area contributed by atoms with Gasteiger partial charge in [-0.05, 0) is 22.8 Å². The summed E-state index contributed by atoms with van der Waals surface area (Å²) in [6.45, 7) is 5.17. The van der Waals surface area contributed by atoms with Crippen LogP contribution in [-0.4, -0.2) is 108 Å². The minimum atomic E-state index is -1.16. The minimum Gasteiger partial charge on any atom is -0.477 e. The molecule has 3 saturated heterocycles. The lowest BCUT2D eigenvalue weighted by molar-refractivity contribution is -0.160. The zero-order chi connectivity index (χ0) is 29.6. The average Bonchev–Trinajstić information content (AvgIpc) is 3.68. The van der Waals surface area contributed by atoms with Gasteiger partial charge in [-0.2, -0.15) is 0 Å². The largest absolute Gasteiger partial charge is 0.477 e. The number of carbonyl (C=O) groups is 4. The number of Topliss-reactive ketones (excluding diaryl/α,β-unsaturated/α-hetero) is 1. The van der Waals surface area contributed by atoms with Crippen LogP contribution in [-0.2, 0) is 25.7 Å². The molecule has 16 heteroatoms. The number of tetrazole rings is 1. The topological polar surface area (TPSA) is 227 Å². The number of hydrogen-bond acceptors (Lipinski definition) is 11. The second-order valence-corrected chi connectivity index (χ2v) is 12.9. The molecule has 5 rings (SSSR count). The summed E-state index contributed by atoms with van der Waals surface area (Å²) in [5.74, 6) is -2.54. The van der Waals surface area contributed by atoms with E-state index in [0.717, 1.165) is 0 Å². The molecule has 0 saturated carbocycles. The molecule has 4 aliphatic rings. The number of thioether (sulfide) groups is 1. The number of aromatic nitrogens is 4. The van der Waals surface area contributed by atoms with Gasteiger partial charge in [-0.25, -0.2) is 9.48 Å². The van der Waals surface area contributed by atoms with Crippen LogP contribution in [0.3, 0.4) is 0 Å². The van der Waals surface area contributed by atoms with Crippen molar-refractivity contribution >= 4 is 41.2 Å². The predicted octanol–water partition coefficient (Wildman–Crippen LogP) is -1.38. The van der Waals surface area contributed by atoms with E-state index in [1.165, 1.54) is 27.7 Å². The van der Waals surface area contributed by atoms with E-state index in [1.807, 2.05) is 13.8 Å². The van der Waals surface area contributed by atoms with Crippen LogP contribution in [0.5, 0.6) is 0 Å². The maximum absolute atomic E-state index is 13.2. The van der Waals surface area contributed by atoms with E-state index in [2.05, 4.69) is 20.8 Å². The van der Waals surface area contributed by atoms with E-state index in [1.54, 1.807) is 4.90 Å². The lowest BCUT2D eigenvalue weighted by atomic mass is 9.73. The summed E-state index contributed by atoms with van der Waals surface area (Å²) in [5, 5.41) is 31.6. The summed E-state index contributed by atoms with van der Waals surface area (Å²) in [6, 6.07) is -0.980. The van der Waals surface area contributed by atoms with Gasteiger partial charge in [0.1, 0.15) is 18.6 Å². The molecule has 0 spiro atoms. The number of rotatable bonds is 11. The highest BCUT2D eigenvalue weighted by molar-refractivity contribution is 8.03. The molecule has 41 heavy (non-hydrogen) atoms. The number of likely N-dealkylation sites (tertiary alicyclic amines) is 1. The van der Waals surface area contributed by atoms with Gasteiger partial charge in [0, 0.05) is 60.5 Å². The maximum atomic E-state index is 13.2. The van der Waals surface area contributed by atoms with Crippen LogP contribution < -0.4 is 16.8 Å². The molecule has 0 aliphatic carbocycles. The highest BCUT2D eigenvalue weighted by atomic mass is 32.2. The molecule has 3 fully saturated rings. The van der Waals surface area contributed by atoms with Crippen LogP contribution in [0.2, 0.25) is 0 Å². The number of nitrogens with zero attached hydrogens (tertiary/aromatic N) is 6. The monoisotopic (exact) mass is 588 g/mol. The first-order chi connectivity index (χ1) is 19.5. The Kier molecular flexibility index (Phi) is 8.16. The molecule has 2 amide bonds. The van der Waals surface area contributed by atoms with E-state index in [4.69, 9.17) is 16.9 Å². The van der Waals surface area contributed by atoms with Crippen molar-refractivity contribution in [1.82, 2.24) is 35.3 Å². The lowest BCUT2D eigenvalue weighted by Crippen LogP contribution is -2.62. The van der Waals surface area contributed by atoms with Crippen molar-refractivity contribution in [2.75, 3.05) is 19.6 Å². The number of carboxylic acids is 1. The molecule has 5 heterocycles. The zero-order valence-corrected chi connectivity index (χ0v) is 23.8. The third kappa shape index (κ3) is 5.59. The third-order valence-electron chi connectivity index (χ3n) is 8.65. The average molecular weight is 589 g/mol. The van der Waals surface area contributed by atoms with Gasteiger partial charge in [0.25, 0.3) is 0 Å². The van der Waals surface area contributed by atoms with Gasteiger partial charge in [0.05, 0.1) is 23.8 Å². The standard InChI is InChI=1S/C25H36N10O5S/c1-11(3-14(36)8-34-10-30-31-32-34)19-20-12(2)22(21(25(39)40)35(20)24(19)38)41-15-5-17(29-6-15)23(37)33-7-13(4-18(27)28)16(26)9-33/h10-13,15-17,19-20,29H,3-9,26H2,1-2H3,(H3,27,28)(H,39,40)/t11-,12+,13+,15-,16?,17-,19+,20+/m0/s1. The first-order valence-electron chi connectivity index (χ1n) is 13.8. The molecule has 4 aliphatic heterocycles. The number of amidine groups is 1. The van der Waals surface area contributed by atoms with Gasteiger partial charge < -0.3 is 31.7 Å². The number of ketones is 1. The smallest absolute Gasteiger partial charge is 0.353 e. The van der Waals surface area contributed by atoms with Crippen molar-refractivity contribution < 1.29 is 24.3 Å². The number of nitrogens with one attached hydrogen (secondary N) is 2. The summed E-state index contributed by atoms with van der Waals surface area (Å²) in [5.41, 5.74) is 11.7. The van der Waals surface area contributed by atoms with Gasteiger partial charge in [0.2, 0.25) is 11.8 Å². The number of amides is 2. The number of carboxylic acid groups (broad SMARTS) is 1. The van der Waals surface area contributed by atoms with E-state index in [-0.39, 0.29) is 77.2 Å². The van der Waals surface area contributed by atoms with Crippen molar-refractivity contribution in [1.29, 1.82) is 5.41 Å². The number of nitrogens with two attached hydrogens (primary N) is 2. The highest BCUT2D eigenvalue weighted by Gasteiger charge is 2.60. The summed E-state index contributed by atoms with van der Waals surface area (Å²) in [7, 11) is 0. The van der Waals surface area contributed by atoms with Gasteiger partial charge in [-0.15, -0.1) is 16.9 Å². The van der Waals surface area contributed by atoms with Crippen molar-refractivity contribution in [2.24, 2.45) is 35.1 Å². The Morgan fingerprint density at radius 3 is 2.73 bits per heavy atom. The van der Waals surface area contributed by atoms with Crippen molar-refractivity contribution in [2.45, 2.75) is 63.0 Å². The molecule has 222 valence electrons. The summed E-state index contributed by atoms with van der Waals surface area (Å²) >= 11 is 1.42. The Morgan fingerprint density at radius 2 is 2.07 bits per heavy atom. The molecule has 7 N–H and O–H groups in total. The molecule has 15 nitrogen and oxygen atoms in total.